The van der Waals surface area contributed by atoms with Crippen LogP contribution in [-0.2, 0) is 4.79 Å². The van der Waals surface area contributed by atoms with E-state index in [4.69, 9.17) is 11.1 Å². The van der Waals surface area contributed by atoms with Gasteiger partial charge in [-0.05, 0) is 18.6 Å². The molecule has 1 heterocycles. The molecule has 19 heavy (non-hydrogen) atoms. The second-order valence-corrected chi connectivity index (χ2v) is 4.36. The lowest BCUT2D eigenvalue weighted by Gasteiger charge is -2.23. The lowest BCUT2D eigenvalue weighted by atomic mass is 10.0. The molecule has 2 rings (SSSR count). The summed E-state index contributed by atoms with van der Waals surface area (Å²) in [4.78, 5) is 25.5. The van der Waals surface area contributed by atoms with Gasteiger partial charge in [0.1, 0.15) is 0 Å². The molecule has 0 saturated heterocycles. The minimum atomic E-state index is -0.384. The van der Waals surface area contributed by atoms with Gasteiger partial charge >= 0.3 is 0 Å². The molecule has 4 N–H and O–H groups in total. The highest BCUT2D eigenvalue weighted by Crippen LogP contribution is 2.35. The summed E-state index contributed by atoms with van der Waals surface area (Å²) < 4.78 is 0. The number of hydrogen-bond acceptors (Lipinski definition) is 3. The number of carbonyl (C=O) groups is 2. The topological polar surface area (TPSA) is 99.3 Å². The number of nitrogens with two attached hydrogens (primary N) is 1. The number of amides is 2. The van der Waals surface area contributed by atoms with Gasteiger partial charge in [-0.15, -0.1) is 0 Å². The molecular weight excluding hydrogens is 244 g/mol. The number of carbonyl (C=O) groups excluding carboxylic acids is 2. The van der Waals surface area contributed by atoms with E-state index >= 15 is 0 Å². The molecule has 1 unspecified atom stereocenters. The van der Waals surface area contributed by atoms with Gasteiger partial charge in [0.05, 0.1) is 12.5 Å². The van der Waals surface area contributed by atoms with E-state index in [2.05, 4.69) is 5.32 Å². The Balaban J connectivity index is 2.25. The molecule has 0 aromatic heterocycles. The smallest absolute Gasteiger partial charge is 0.254 e. The molecule has 6 nitrogen and oxygen atoms in total. The first kappa shape index (κ1) is 13.1. The molecule has 0 radical (unpaired) electrons. The molecular formula is C13H16N4O2. The lowest BCUT2D eigenvalue weighted by molar-refractivity contribution is -0.120. The molecule has 1 atom stereocenters. The van der Waals surface area contributed by atoms with Crippen LogP contribution in [0.5, 0.6) is 0 Å². The zero-order valence-electron chi connectivity index (χ0n) is 10.6. The molecule has 1 aliphatic rings. The number of fused-ring (bicyclic) bond motifs is 1. The summed E-state index contributed by atoms with van der Waals surface area (Å²) in [7, 11) is 0. The first-order valence-corrected chi connectivity index (χ1v) is 6.08. The largest absolute Gasteiger partial charge is 0.370 e. The van der Waals surface area contributed by atoms with Crippen LogP contribution < -0.4 is 11.1 Å². The van der Waals surface area contributed by atoms with Gasteiger partial charge in [0, 0.05) is 12.1 Å². The maximum Gasteiger partial charge on any atom is 0.254 e. The van der Waals surface area contributed by atoms with Crippen molar-refractivity contribution in [3.05, 3.63) is 35.4 Å². The third kappa shape index (κ3) is 2.42. The highest BCUT2D eigenvalue weighted by atomic mass is 16.2. The molecule has 0 spiro atoms. The zero-order valence-corrected chi connectivity index (χ0v) is 10.6. The van der Waals surface area contributed by atoms with Gasteiger partial charge in [-0.3, -0.25) is 20.3 Å². The minimum Gasteiger partial charge on any atom is -0.370 e. The Hall–Kier alpha value is -2.37. The number of nitrogens with one attached hydrogen (secondary N) is 2. The number of hydrogen-bond donors (Lipinski definition) is 3. The lowest BCUT2D eigenvalue weighted by Crippen LogP contribution is -2.38. The van der Waals surface area contributed by atoms with Crippen LogP contribution in [0.2, 0.25) is 0 Å². The van der Waals surface area contributed by atoms with Gasteiger partial charge in [0.25, 0.3) is 5.91 Å². The van der Waals surface area contributed by atoms with Gasteiger partial charge in [-0.2, -0.15) is 0 Å². The predicted octanol–water partition coefficient (Wildman–Crippen LogP) is 0.603. The molecule has 0 aliphatic carbocycles. The molecule has 100 valence electrons. The van der Waals surface area contributed by atoms with Gasteiger partial charge < -0.3 is 10.6 Å². The van der Waals surface area contributed by atoms with E-state index in [0.717, 1.165) is 5.56 Å². The Labute approximate surface area is 111 Å². The van der Waals surface area contributed by atoms with Crippen molar-refractivity contribution in [1.82, 2.24) is 10.2 Å². The number of rotatable bonds is 3. The maximum absolute atomic E-state index is 12.2. The maximum atomic E-state index is 12.2. The van der Waals surface area contributed by atoms with Gasteiger partial charge in [0.15, 0.2) is 5.96 Å². The second-order valence-electron chi connectivity index (χ2n) is 4.36. The van der Waals surface area contributed by atoms with Crippen LogP contribution in [0.3, 0.4) is 0 Å². The minimum absolute atomic E-state index is 0.0567. The van der Waals surface area contributed by atoms with E-state index in [9.17, 15) is 9.59 Å². The average molecular weight is 260 g/mol. The second kappa shape index (κ2) is 5.09. The molecule has 0 bridgehead atoms. The SMILES string of the molecule is CCN1C(=O)c2ccccc2C1CC(=O)NC(=N)N. The monoisotopic (exact) mass is 260 g/mol. The van der Waals surface area contributed by atoms with Crippen LogP contribution in [0.25, 0.3) is 0 Å². The van der Waals surface area contributed by atoms with Crippen molar-refractivity contribution in [2.24, 2.45) is 5.73 Å². The van der Waals surface area contributed by atoms with Crippen molar-refractivity contribution in [2.75, 3.05) is 6.54 Å². The number of nitrogens with zero attached hydrogens (tertiary/aromatic N) is 1. The summed E-state index contributed by atoms with van der Waals surface area (Å²) in [6.45, 7) is 2.41. The Morgan fingerprint density at radius 2 is 2.16 bits per heavy atom. The third-order valence-electron chi connectivity index (χ3n) is 3.18. The quantitative estimate of drug-likeness (QED) is 0.548. The Morgan fingerprint density at radius 1 is 1.47 bits per heavy atom. The van der Waals surface area contributed by atoms with E-state index < -0.39 is 0 Å². The van der Waals surface area contributed by atoms with Crippen molar-refractivity contribution in [3.63, 3.8) is 0 Å². The van der Waals surface area contributed by atoms with Crippen LogP contribution in [0.15, 0.2) is 24.3 Å². The molecule has 0 saturated carbocycles. The average Bonchev–Trinajstić information content (AvgIpc) is 2.62. The first-order valence-electron chi connectivity index (χ1n) is 6.08. The highest BCUT2D eigenvalue weighted by molar-refractivity contribution is 6.00. The number of benzene rings is 1. The Bertz CT molecular complexity index is 541. The van der Waals surface area contributed by atoms with Gasteiger partial charge in [-0.25, -0.2) is 0 Å². The van der Waals surface area contributed by atoms with Crippen LogP contribution >= 0.6 is 0 Å². The van der Waals surface area contributed by atoms with E-state index in [-0.39, 0.29) is 30.2 Å². The van der Waals surface area contributed by atoms with E-state index in [1.807, 2.05) is 25.1 Å². The van der Waals surface area contributed by atoms with Gasteiger partial charge in [-0.1, -0.05) is 18.2 Å². The van der Waals surface area contributed by atoms with Crippen molar-refractivity contribution in [3.8, 4) is 0 Å². The molecule has 0 fully saturated rings. The summed E-state index contributed by atoms with van der Waals surface area (Å²) in [5.41, 5.74) is 6.63. The standard InChI is InChI=1S/C13H16N4O2/c1-2-17-10(7-11(18)16-13(14)15)8-5-3-4-6-9(8)12(17)19/h3-6,10H,2,7H2,1H3,(H4,14,15,16,18). The zero-order chi connectivity index (χ0) is 14.0. The first-order chi connectivity index (χ1) is 9.04. The van der Waals surface area contributed by atoms with Crippen molar-refractivity contribution < 1.29 is 9.59 Å². The fourth-order valence-corrected chi connectivity index (χ4v) is 2.41. The Morgan fingerprint density at radius 3 is 2.79 bits per heavy atom. The summed E-state index contributed by atoms with van der Waals surface area (Å²) in [5, 5.41) is 9.29. The van der Waals surface area contributed by atoms with E-state index in [1.54, 1.807) is 11.0 Å². The van der Waals surface area contributed by atoms with E-state index in [1.165, 1.54) is 0 Å². The molecule has 2 amide bonds. The fourth-order valence-electron chi connectivity index (χ4n) is 2.41. The highest BCUT2D eigenvalue weighted by Gasteiger charge is 2.36. The Kier molecular flexibility index (Phi) is 3.50. The number of guanidine groups is 1. The molecule has 1 aliphatic heterocycles. The van der Waals surface area contributed by atoms with Crippen LogP contribution in [0.4, 0.5) is 0 Å². The molecule has 6 heteroatoms. The summed E-state index contributed by atoms with van der Waals surface area (Å²) >= 11 is 0. The fraction of sp³-hybridized carbons (Fsp3) is 0.308. The van der Waals surface area contributed by atoms with Crippen LogP contribution in [0.1, 0.15) is 35.3 Å². The summed E-state index contributed by atoms with van der Waals surface area (Å²) in [6, 6.07) is 7.00. The van der Waals surface area contributed by atoms with Gasteiger partial charge in [0.2, 0.25) is 5.91 Å². The molecule has 1 aromatic carbocycles. The molecule has 1 aromatic rings. The van der Waals surface area contributed by atoms with Crippen molar-refractivity contribution >= 4 is 17.8 Å². The van der Waals surface area contributed by atoms with Crippen molar-refractivity contribution in [2.45, 2.75) is 19.4 Å². The van der Waals surface area contributed by atoms with Crippen LogP contribution in [-0.4, -0.2) is 29.2 Å². The predicted molar refractivity (Wildman–Crippen MR) is 70.6 cm³/mol. The third-order valence-corrected chi connectivity index (χ3v) is 3.18. The summed E-state index contributed by atoms with van der Waals surface area (Å²) in [6.07, 6.45) is 0.107. The normalized spacial score (nSPS) is 17.2. The summed E-state index contributed by atoms with van der Waals surface area (Å²) in [5.74, 6) is -0.801. The van der Waals surface area contributed by atoms with Crippen LogP contribution in [0, 0.1) is 5.41 Å². The van der Waals surface area contributed by atoms with Crippen molar-refractivity contribution in [1.29, 1.82) is 5.41 Å². The van der Waals surface area contributed by atoms with E-state index in [0.29, 0.717) is 12.1 Å².